The van der Waals surface area contributed by atoms with Crippen molar-refractivity contribution >= 4 is 44.8 Å². The number of halogens is 2. The molecule has 0 spiro atoms. The predicted molar refractivity (Wildman–Crippen MR) is 153 cm³/mol. The minimum absolute atomic E-state index is 0.0811. The second kappa shape index (κ2) is 9.01. The average molecular weight is 593 g/mol. The Morgan fingerprint density at radius 1 is 1.10 bits per heavy atom. The van der Waals surface area contributed by atoms with Crippen LogP contribution < -0.4 is 0 Å². The van der Waals surface area contributed by atoms with E-state index in [1.807, 2.05) is 30.3 Å². The second-order valence-corrected chi connectivity index (χ2v) is 14.0. The summed E-state index contributed by atoms with van der Waals surface area (Å²) in [6, 6.07) is 13.2. The first-order valence-corrected chi connectivity index (χ1v) is 15.5. The van der Waals surface area contributed by atoms with Crippen molar-refractivity contribution in [1.82, 2.24) is 10.1 Å². The summed E-state index contributed by atoms with van der Waals surface area (Å²) in [5.41, 5.74) is 2.50. The number of hydrogen-bond donors (Lipinski definition) is 1. The molecule has 2 aromatic carbocycles. The molecule has 2 aromatic heterocycles. The number of aromatic nitrogens is 2. The van der Waals surface area contributed by atoms with E-state index < -0.39 is 5.60 Å². The fraction of sp³-hybridized carbons (Fsp3) is 0.452. The third-order valence-electron chi connectivity index (χ3n) is 9.73. The molecule has 5 saturated carbocycles. The van der Waals surface area contributed by atoms with Crippen LogP contribution in [-0.2, 0) is 16.9 Å². The minimum Gasteiger partial charge on any atom is -0.382 e. The molecule has 0 saturated heterocycles. The molecule has 9 rings (SSSR count). The van der Waals surface area contributed by atoms with Gasteiger partial charge in [0, 0.05) is 17.0 Å². The molecular formula is C31H27Cl2N3O3S. The van der Waals surface area contributed by atoms with E-state index in [1.165, 1.54) is 11.3 Å². The van der Waals surface area contributed by atoms with Crippen LogP contribution in [0.15, 0.2) is 40.9 Å². The molecule has 5 aliphatic carbocycles. The fourth-order valence-electron chi connectivity index (χ4n) is 7.88. The Bertz CT molecular complexity index is 1670. The van der Waals surface area contributed by atoms with Gasteiger partial charge in [-0.05, 0) is 93.0 Å². The van der Waals surface area contributed by atoms with E-state index in [4.69, 9.17) is 37.4 Å². The number of nitrogens with zero attached hydrogens (tertiary/aromatic N) is 3. The molecule has 0 aliphatic heterocycles. The van der Waals surface area contributed by atoms with Gasteiger partial charge in [-0.3, -0.25) is 0 Å². The van der Waals surface area contributed by atoms with Gasteiger partial charge in [0.1, 0.15) is 22.1 Å². The number of fused-ring (bicyclic) bond motifs is 1. The third kappa shape index (κ3) is 3.80. The van der Waals surface area contributed by atoms with Crippen LogP contribution in [0.4, 0.5) is 0 Å². The summed E-state index contributed by atoms with van der Waals surface area (Å²) in [5.74, 6) is 1.94. The predicted octanol–water partition coefficient (Wildman–Crippen LogP) is 7.99. The largest absolute Gasteiger partial charge is 0.382 e. The summed E-state index contributed by atoms with van der Waals surface area (Å²) in [6.07, 6.45) is 6.73. The molecule has 2 unspecified atom stereocenters. The molecule has 9 heteroatoms. The molecule has 204 valence electrons. The fourth-order valence-corrected chi connectivity index (χ4v) is 9.71. The highest BCUT2D eigenvalue weighted by atomic mass is 35.5. The van der Waals surface area contributed by atoms with Crippen LogP contribution in [0.2, 0.25) is 10.0 Å². The summed E-state index contributed by atoms with van der Waals surface area (Å²) in [6.45, 7) is 0.384. The molecule has 6 nitrogen and oxygen atoms in total. The van der Waals surface area contributed by atoms with Crippen LogP contribution in [-0.4, -0.2) is 20.8 Å². The summed E-state index contributed by atoms with van der Waals surface area (Å²) in [4.78, 5) is 4.89. The molecule has 0 radical (unpaired) electrons. The van der Waals surface area contributed by atoms with E-state index in [1.54, 1.807) is 6.07 Å². The van der Waals surface area contributed by atoms with Crippen molar-refractivity contribution in [3.05, 3.63) is 68.3 Å². The molecule has 5 aliphatic rings. The SMILES string of the molecule is N#Cc1ccc2nc(C3(O)C4CC5CC3CC(OCc3c(-c6c(Cl)cccc6Cl)noc3C3CC3)(C5)C4)sc2c1. The highest BCUT2D eigenvalue weighted by Gasteiger charge is 2.64. The number of benzene rings is 2. The van der Waals surface area contributed by atoms with E-state index in [2.05, 4.69) is 11.2 Å². The number of ether oxygens (including phenoxy) is 1. The van der Waals surface area contributed by atoms with Crippen LogP contribution in [0.1, 0.15) is 72.8 Å². The van der Waals surface area contributed by atoms with Gasteiger partial charge < -0.3 is 14.4 Å². The smallest absolute Gasteiger partial charge is 0.145 e. The molecule has 4 bridgehead atoms. The molecule has 2 atom stereocenters. The third-order valence-corrected chi connectivity index (χ3v) is 11.5. The van der Waals surface area contributed by atoms with Gasteiger partial charge in [0.25, 0.3) is 0 Å². The first-order valence-electron chi connectivity index (χ1n) is 14.0. The number of rotatable bonds is 6. The zero-order valence-corrected chi connectivity index (χ0v) is 24.0. The van der Waals surface area contributed by atoms with Crippen LogP contribution in [0.25, 0.3) is 21.5 Å². The van der Waals surface area contributed by atoms with Gasteiger partial charge in [-0.15, -0.1) is 11.3 Å². The van der Waals surface area contributed by atoms with E-state index in [0.29, 0.717) is 45.3 Å². The number of nitriles is 1. The standard InChI is InChI=1S/C31H27Cl2N3O3S/c32-22-2-1-3-23(33)26(22)27-21(28(39-36-27)18-5-6-18)15-38-30-11-17-8-19(12-30)31(37,20(9-17)13-30)29-35-24-7-4-16(14-34)10-25(24)40-29/h1-4,7,10,17-20,37H,5-6,8-9,11-13,15H2. The lowest BCUT2D eigenvalue weighted by Crippen LogP contribution is -2.62. The van der Waals surface area contributed by atoms with E-state index in [9.17, 15) is 10.4 Å². The second-order valence-electron chi connectivity index (χ2n) is 12.2. The zero-order valence-electron chi connectivity index (χ0n) is 21.7. The Balaban J connectivity index is 1.10. The Morgan fingerprint density at radius 2 is 1.85 bits per heavy atom. The molecule has 2 heterocycles. The number of thiazole rings is 1. The molecular weight excluding hydrogens is 565 g/mol. The van der Waals surface area contributed by atoms with Crippen molar-refractivity contribution in [3.8, 4) is 17.3 Å². The lowest BCUT2D eigenvalue weighted by molar-refractivity contribution is -0.250. The topological polar surface area (TPSA) is 92.2 Å². The quantitative estimate of drug-likeness (QED) is 0.244. The normalized spacial score (nSPS) is 30.7. The monoisotopic (exact) mass is 591 g/mol. The molecule has 1 N–H and O–H groups in total. The van der Waals surface area contributed by atoms with Crippen molar-refractivity contribution in [2.75, 3.05) is 0 Å². The van der Waals surface area contributed by atoms with Gasteiger partial charge in [0.05, 0.1) is 44.1 Å². The molecule has 40 heavy (non-hydrogen) atoms. The Hall–Kier alpha value is -2.47. The number of aliphatic hydroxyl groups is 1. The summed E-state index contributed by atoms with van der Waals surface area (Å²) < 4.78 is 13.7. The maximum absolute atomic E-state index is 12.3. The Labute approximate surface area is 245 Å². The molecule has 4 aromatic rings. The first kappa shape index (κ1) is 25.3. The van der Waals surface area contributed by atoms with Crippen LogP contribution in [0, 0.1) is 29.1 Å². The Kier molecular flexibility index (Phi) is 5.69. The number of hydrogen-bond acceptors (Lipinski definition) is 7. The summed E-state index contributed by atoms with van der Waals surface area (Å²) >= 11 is 14.7. The van der Waals surface area contributed by atoms with Gasteiger partial charge in [0.15, 0.2) is 0 Å². The lowest BCUT2D eigenvalue weighted by atomic mass is 9.48. The lowest BCUT2D eigenvalue weighted by Gasteiger charge is -2.62. The highest BCUT2D eigenvalue weighted by molar-refractivity contribution is 7.18. The van der Waals surface area contributed by atoms with Gasteiger partial charge >= 0.3 is 0 Å². The van der Waals surface area contributed by atoms with Crippen LogP contribution >= 0.6 is 34.5 Å². The Morgan fingerprint density at radius 3 is 2.55 bits per heavy atom. The van der Waals surface area contributed by atoms with Crippen LogP contribution in [0.5, 0.6) is 0 Å². The van der Waals surface area contributed by atoms with Gasteiger partial charge in [-0.25, -0.2) is 4.98 Å². The molecule has 5 fully saturated rings. The maximum atomic E-state index is 12.3. The zero-order chi connectivity index (χ0) is 27.2. The van der Waals surface area contributed by atoms with Crippen molar-refractivity contribution < 1.29 is 14.4 Å². The molecule has 0 amide bonds. The highest BCUT2D eigenvalue weighted by Crippen LogP contribution is 2.65. The average Bonchev–Trinajstić information content (AvgIpc) is 3.55. The maximum Gasteiger partial charge on any atom is 0.145 e. The van der Waals surface area contributed by atoms with Gasteiger partial charge in [0.2, 0.25) is 0 Å². The minimum atomic E-state index is -0.965. The summed E-state index contributed by atoms with van der Waals surface area (Å²) in [7, 11) is 0. The van der Waals surface area contributed by atoms with E-state index in [-0.39, 0.29) is 17.4 Å². The van der Waals surface area contributed by atoms with E-state index >= 15 is 0 Å². The summed E-state index contributed by atoms with van der Waals surface area (Å²) in [5, 5.41) is 27.9. The van der Waals surface area contributed by atoms with Gasteiger partial charge in [-0.1, -0.05) is 34.4 Å². The van der Waals surface area contributed by atoms with Crippen molar-refractivity contribution in [1.29, 1.82) is 5.26 Å². The van der Waals surface area contributed by atoms with Crippen molar-refractivity contribution in [3.63, 3.8) is 0 Å². The van der Waals surface area contributed by atoms with Crippen LogP contribution in [0.3, 0.4) is 0 Å². The first-order chi connectivity index (χ1) is 19.4. The van der Waals surface area contributed by atoms with Gasteiger partial charge in [-0.2, -0.15) is 5.26 Å². The van der Waals surface area contributed by atoms with Crippen molar-refractivity contribution in [2.24, 2.45) is 17.8 Å². The van der Waals surface area contributed by atoms with E-state index in [0.717, 1.165) is 71.5 Å². The van der Waals surface area contributed by atoms with Crippen molar-refractivity contribution in [2.45, 2.75) is 68.7 Å².